The molecule has 1 saturated heterocycles. The Morgan fingerprint density at radius 1 is 1.19 bits per heavy atom. The number of esters is 1. The van der Waals surface area contributed by atoms with E-state index in [1.54, 1.807) is 0 Å². The Labute approximate surface area is 181 Å². The van der Waals surface area contributed by atoms with Crippen molar-refractivity contribution in [2.24, 2.45) is 5.92 Å². The van der Waals surface area contributed by atoms with E-state index in [9.17, 15) is 27.6 Å². The van der Waals surface area contributed by atoms with Crippen LogP contribution in [-0.2, 0) is 19.4 Å². The Hall–Kier alpha value is -2.75. The lowest BCUT2D eigenvalue weighted by molar-refractivity contribution is -0.134. The first-order valence-corrected chi connectivity index (χ1v) is 12.0. The van der Waals surface area contributed by atoms with Crippen LogP contribution in [0.25, 0.3) is 0 Å². The smallest absolute Gasteiger partial charge is 0.338 e. The zero-order valence-electron chi connectivity index (χ0n) is 17.8. The lowest BCUT2D eigenvalue weighted by Crippen LogP contribution is -2.40. The number of likely N-dealkylation sites (N-methyl/N-ethyl adjacent to an activating group) is 1. The van der Waals surface area contributed by atoms with Crippen molar-refractivity contribution >= 4 is 33.5 Å². The molecule has 0 N–H and O–H groups in total. The van der Waals surface area contributed by atoms with Gasteiger partial charge < -0.3 is 9.64 Å². The third-order valence-electron chi connectivity index (χ3n) is 5.61. The highest BCUT2D eigenvalue weighted by atomic mass is 32.2. The average Bonchev–Trinajstić information content (AvgIpc) is 3.20. The fourth-order valence-electron chi connectivity index (χ4n) is 3.60. The highest BCUT2D eigenvalue weighted by Gasteiger charge is 2.36. The van der Waals surface area contributed by atoms with Crippen molar-refractivity contribution in [2.75, 3.05) is 31.7 Å². The summed E-state index contributed by atoms with van der Waals surface area (Å²) < 4.78 is 28.2. The van der Waals surface area contributed by atoms with Crippen LogP contribution in [0.2, 0.25) is 0 Å². The van der Waals surface area contributed by atoms with Crippen LogP contribution in [0.1, 0.15) is 57.8 Å². The lowest BCUT2D eigenvalue weighted by Gasteiger charge is -2.23. The van der Waals surface area contributed by atoms with Crippen LogP contribution < -0.4 is 0 Å². The molecule has 0 aromatic heterocycles. The maximum Gasteiger partial charge on any atom is 0.338 e. The lowest BCUT2D eigenvalue weighted by atomic mass is 10.1. The monoisotopic (exact) mass is 450 g/mol. The Balaban J connectivity index is 1.62. The topological polar surface area (TPSA) is 118 Å². The largest absolute Gasteiger partial charge is 0.452 e. The Morgan fingerprint density at radius 2 is 1.87 bits per heavy atom. The molecule has 0 aliphatic carbocycles. The number of amides is 3. The summed E-state index contributed by atoms with van der Waals surface area (Å²) in [6, 6.07) is 3.68. The molecule has 3 amide bonds. The predicted molar refractivity (Wildman–Crippen MR) is 111 cm³/mol. The molecule has 1 aromatic carbocycles. The molecule has 1 fully saturated rings. The van der Waals surface area contributed by atoms with E-state index >= 15 is 0 Å². The van der Waals surface area contributed by atoms with Gasteiger partial charge in [-0.3, -0.25) is 19.3 Å². The molecule has 0 bridgehead atoms. The molecule has 2 aliphatic rings. The van der Waals surface area contributed by atoms with Crippen LogP contribution in [-0.4, -0.2) is 79.7 Å². The zero-order valence-corrected chi connectivity index (χ0v) is 18.6. The fraction of sp³-hybridized carbons (Fsp3) is 0.524. The molecule has 3 rings (SSSR count). The Kier molecular flexibility index (Phi) is 6.49. The quantitative estimate of drug-likeness (QED) is 0.451. The highest BCUT2D eigenvalue weighted by Crippen LogP contribution is 2.25. The summed E-state index contributed by atoms with van der Waals surface area (Å²) in [6.45, 7) is 3.76. The number of rotatable bonds is 7. The number of carbonyl (C=O) groups excluding carboxylic acids is 4. The minimum atomic E-state index is -3.14. The van der Waals surface area contributed by atoms with Crippen molar-refractivity contribution < 1.29 is 32.3 Å². The molecule has 0 radical (unpaired) electrons. The second kappa shape index (κ2) is 8.78. The van der Waals surface area contributed by atoms with E-state index in [0.29, 0.717) is 25.3 Å². The van der Waals surface area contributed by atoms with E-state index in [1.165, 1.54) is 35.0 Å². The van der Waals surface area contributed by atoms with Gasteiger partial charge in [0.15, 0.2) is 16.4 Å². The van der Waals surface area contributed by atoms with Gasteiger partial charge in [-0.25, -0.2) is 13.2 Å². The molecule has 1 unspecified atom stereocenters. The summed E-state index contributed by atoms with van der Waals surface area (Å²) in [5.41, 5.74) is 0.441. The fourth-order valence-corrected chi connectivity index (χ4v) is 5.38. The molecule has 2 aliphatic heterocycles. The van der Waals surface area contributed by atoms with E-state index in [0.717, 1.165) is 0 Å². The van der Waals surface area contributed by atoms with Crippen molar-refractivity contribution in [1.29, 1.82) is 0 Å². The number of carbonyl (C=O) groups is 4. The number of benzene rings is 1. The van der Waals surface area contributed by atoms with Gasteiger partial charge in [0.25, 0.3) is 17.7 Å². The van der Waals surface area contributed by atoms with Crippen molar-refractivity contribution in [2.45, 2.75) is 32.7 Å². The highest BCUT2D eigenvalue weighted by molar-refractivity contribution is 7.91. The van der Waals surface area contributed by atoms with Crippen molar-refractivity contribution in [3.8, 4) is 0 Å². The molecular weight excluding hydrogens is 424 g/mol. The number of hydrogen-bond donors (Lipinski definition) is 0. The second-order valence-corrected chi connectivity index (χ2v) is 10.6. The van der Waals surface area contributed by atoms with Gasteiger partial charge in [-0.2, -0.15) is 0 Å². The summed E-state index contributed by atoms with van der Waals surface area (Å²) in [6.07, 6.45) is 1.03. The molecule has 0 spiro atoms. The first-order valence-electron chi connectivity index (χ1n) is 10.1. The maximum atomic E-state index is 12.6. The van der Waals surface area contributed by atoms with E-state index in [-0.39, 0.29) is 34.1 Å². The summed E-state index contributed by atoms with van der Waals surface area (Å²) in [7, 11) is -1.66. The zero-order chi connectivity index (χ0) is 22.9. The van der Waals surface area contributed by atoms with E-state index in [2.05, 4.69) is 0 Å². The molecule has 2 heterocycles. The third kappa shape index (κ3) is 4.95. The molecule has 0 saturated carbocycles. The van der Waals surface area contributed by atoms with Crippen molar-refractivity contribution in [3.05, 3.63) is 34.9 Å². The standard InChI is InChI=1S/C21H26N2O7S/c1-13(2)6-8-23-19(25)16-5-4-14(10-17(16)20(23)26)21(27)30-11-18(24)22(3)15-7-9-31(28,29)12-15/h4-5,10,13,15H,6-9,11-12H2,1-3H3. The molecule has 10 heteroatoms. The van der Waals surface area contributed by atoms with Gasteiger partial charge in [0.05, 0.1) is 28.2 Å². The number of fused-ring (bicyclic) bond motifs is 1. The number of hydrogen-bond acceptors (Lipinski definition) is 7. The number of imide groups is 1. The predicted octanol–water partition coefficient (Wildman–Crippen LogP) is 1.13. The Bertz CT molecular complexity index is 1030. The maximum absolute atomic E-state index is 12.6. The summed E-state index contributed by atoms with van der Waals surface area (Å²) >= 11 is 0. The number of sulfone groups is 1. The number of nitrogens with zero attached hydrogens (tertiary/aromatic N) is 2. The van der Waals surface area contributed by atoms with Gasteiger partial charge in [0.2, 0.25) is 0 Å². The first kappa shape index (κ1) is 22.9. The van der Waals surface area contributed by atoms with Crippen LogP contribution in [0.5, 0.6) is 0 Å². The first-order chi connectivity index (χ1) is 14.5. The minimum absolute atomic E-state index is 0.0329. The van der Waals surface area contributed by atoms with E-state index < -0.39 is 40.3 Å². The molecule has 1 atom stereocenters. The van der Waals surface area contributed by atoms with Gasteiger partial charge >= 0.3 is 5.97 Å². The molecule has 31 heavy (non-hydrogen) atoms. The van der Waals surface area contributed by atoms with Gasteiger partial charge in [0, 0.05) is 19.6 Å². The van der Waals surface area contributed by atoms with Crippen LogP contribution in [0.4, 0.5) is 0 Å². The van der Waals surface area contributed by atoms with Crippen LogP contribution in [0.15, 0.2) is 18.2 Å². The summed E-state index contributed by atoms with van der Waals surface area (Å²) in [5.74, 6) is -1.89. The SMILES string of the molecule is CC(C)CCN1C(=O)c2ccc(C(=O)OCC(=O)N(C)C3CCS(=O)(=O)C3)cc2C1=O. The van der Waals surface area contributed by atoms with E-state index in [1.807, 2.05) is 13.8 Å². The minimum Gasteiger partial charge on any atom is -0.452 e. The average molecular weight is 451 g/mol. The second-order valence-electron chi connectivity index (χ2n) is 8.34. The summed E-state index contributed by atoms with van der Waals surface area (Å²) in [5, 5.41) is 0. The number of ether oxygens (including phenoxy) is 1. The van der Waals surface area contributed by atoms with Crippen molar-refractivity contribution in [1.82, 2.24) is 9.80 Å². The van der Waals surface area contributed by atoms with E-state index in [4.69, 9.17) is 4.74 Å². The van der Waals surface area contributed by atoms with Crippen LogP contribution >= 0.6 is 0 Å². The molecule has 9 nitrogen and oxygen atoms in total. The van der Waals surface area contributed by atoms with Gasteiger partial charge in [0.1, 0.15) is 0 Å². The normalized spacial score (nSPS) is 19.6. The van der Waals surface area contributed by atoms with Gasteiger partial charge in [-0.15, -0.1) is 0 Å². The molecule has 1 aromatic rings. The molecular formula is C21H26N2O7S. The van der Waals surface area contributed by atoms with Crippen LogP contribution in [0, 0.1) is 5.92 Å². The third-order valence-corrected chi connectivity index (χ3v) is 7.36. The van der Waals surface area contributed by atoms with Gasteiger partial charge in [-0.05, 0) is 37.0 Å². The summed E-state index contributed by atoms with van der Waals surface area (Å²) in [4.78, 5) is 52.2. The van der Waals surface area contributed by atoms with Gasteiger partial charge in [-0.1, -0.05) is 13.8 Å². The molecule has 168 valence electrons. The Morgan fingerprint density at radius 3 is 2.48 bits per heavy atom. The van der Waals surface area contributed by atoms with Crippen molar-refractivity contribution in [3.63, 3.8) is 0 Å². The van der Waals surface area contributed by atoms with Crippen LogP contribution in [0.3, 0.4) is 0 Å².